The lowest BCUT2D eigenvalue weighted by Gasteiger charge is -2.42. The van der Waals surface area contributed by atoms with Gasteiger partial charge in [0.1, 0.15) is 35.5 Å². The lowest BCUT2D eigenvalue weighted by Crippen LogP contribution is -2.46. The minimum Gasteiger partial charge on any atom is -0.406 e. The zero-order chi connectivity index (χ0) is 28.2. The van der Waals surface area contributed by atoms with E-state index in [0.717, 1.165) is 30.5 Å². The van der Waals surface area contributed by atoms with Crippen molar-refractivity contribution < 1.29 is 28.1 Å². The first-order valence-corrected chi connectivity index (χ1v) is 13.4. The van der Waals surface area contributed by atoms with Gasteiger partial charge in [-0.05, 0) is 56.8 Å². The Balaban J connectivity index is 0.999. The number of nitrogens with one attached hydrogen (secondary N) is 1. The first-order chi connectivity index (χ1) is 19.1. The van der Waals surface area contributed by atoms with Crippen LogP contribution in [0.4, 0.5) is 19.0 Å². The summed E-state index contributed by atoms with van der Waals surface area (Å²) < 4.78 is 43.4. The maximum Gasteiger partial charge on any atom is 0.573 e. The van der Waals surface area contributed by atoms with Crippen LogP contribution in [-0.4, -0.2) is 77.8 Å². The van der Waals surface area contributed by atoms with Gasteiger partial charge in [-0.25, -0.2) is 15.0 Å². The number of H-pyrrole nitrogens is 1. The minimum absolute atomic E-state index is 0.0811. The van der Waals surface area contributed by atoms with Crippen LogP contribution in [0.15, 0.2) is 36.8 Å². The molecule has 214 valence electrons. The van der Waals surface area contributed by atoms with Crippen molar-refractivity contribution in [3.05, 3.63) is 42.6 Å². The normalized spacial score (nSPS) is 27.1. The van der Waals surface area contributed by atoms with Crippen molar-refractivity contribution in [2.24, 2.45) is 11.8 Å². The lowest BCUT2D eigenvalue weighted by molar-refractivity contribution is -0.274. The number of aromatic nitrogens is 5. The molecule has 2 aliphatic carbocycles. The summed E-state index contributed by atoms with van der Waals surface area (Å²) in [6, 6.07) is 6.04. The second kappa shape index (κ2) is 10.2. The van der Waals surface area contributed by atoms with E-state index in [2.05, 4.69) is 36.6 Å². The lowest BCUT2D eigenvalue weighted by atomic mass is 9.76. The highest BCUT2D eigenvalue weighted by molar-refractivity contribution is 5.86. The van der Waals surface area contributed by atoms with E-state index in [-0.39, 0.29) is 17.7 Å². The summed E-state index contributed by atoms with van der Waals surface area (Å²) in [4.78, 5) is 18.3. The van der Waals surface area contributed by atoms with Crippen LogP contribution < -0.4 is 10.5 Å². The zero-order valence-electron chi connectivity index (χ0n) is 21.9. The number of halogens is 3. The Hall–Kier alpha value is -3.42. The van der Waals surface area contributed by atoms with Crippen LogP contribution in [-0.2, 0) is 6.42 Å². The molecular formula is C27H32F3N7O3. The number of aliphatic hydroxyl groups is 2. The molecule has 0 aliphatic heterocycles. The Morgan fingerprint density at radius 1 is 1.15 bits per heavy atom. The topological polar surface area (TPSA) is 138 Å². The van der Waals surface area contributed by atoms with E-state index in [4.69, 9.17) is 5.73 Å². The smallest absolute Gasteiger partial charge is 0.406 e. The van der Waals surface area contributed by atoms with Gasteiger partial charge in [-0.2, -0.15) is 0 Å². The van der Waals surface area contributed by atoms with Crippen molar-refractivity contribution in [1.29, 1.82) is 0 Å². The van der Waals surface area contributed by atoms with E-state index in [1.807, 2.05) is 16.8 Å². The fraction of sp³-hybridized carbons (Fsp3) is 0.519. The summed E-state index contributed by atoms with van der Waals surface area (Å²) in [5, 5.41) is 22.4. The number of nitrogens with zero attached hydrogens (tertiary/aromatic N) is 5. The molecule has 2 aliphatic rings. The first-order valence-electron chi connectivity index (χ1n) is 13.4. The fourth-order valence-electron chi connectivity index (χ4n) is 6.32. The molecule has 0 radical (unpaired) electrons. The van der Waals surface area contributed by atoms with Gasteiger partial charge in [0.2, 0.25) is 0 Å². The van der Waals surface area contributed by atoms with Crippen molar-refractivity contribution in [2.75, 3.05) is 19.3 Å². The molecule has 0 spiro atoms. The third kappa shape index (κ3) is 5.20. The van der Waals surface area contributed by atoms with Gasteiger partial charge in [0.25, 0.3) is 0 Å². The number of anilines is 1. The SMILES string of the molecule is CN(C[C@H]1C[C@@H](n2ccc3c(N)ncnc32)[C@H](O)[C@@H]1O)[C@H]1C[C@@H](CCc2nc3cc(OC(F)(F)F)ccc3[nH]2)C1. The Bertz CT molecular complexity index is 1500. The number of ether oxygens (including phenoxy) is 1. The van der Waals surface area contributed by atoms with E-state index in [1.165, 1.54) is 18.5 Å². The molecule has 2 fully saturated rings. The van der Waals surface area contributed by atoms with Crippen LogP contribution >= 0.6 is 0 Å². The van der Waals surface area contributed by atoms with Crippen molar-refractivity contribution in [3.8, 4) is 5.75 Å². The predicted octanol–water partition coefficient (Wildman–Crippen LogP) is 3.41. The van der Waals surface area contributed by atoms with Crippen LogP contribution in [0.25, 0.3) is 22.1 Å². The second-order valence-corrected chi connectivity index (χ2v) is 11.1. The van der Waals surface area contributed by atoms with Crippen LogP contribution in [0.1, 0.15) is 37.5 Å². The van der Waals surface area contributed by atoms with Gasteiger partial charge in [0, 0.05) is 37.2 Å². The number of nitrogens with two attached hydrogens (primary N) is 1. The number of aryl methyl sites for hydroxylation is 1. The third-order valence-corrected chi connectivity index (χ3v) is 8.55. The molecule has 10 nitrogen and oxygen atoms in total. The fourth-order valence-corrected chi connectivity index (χ4v) is 6.32. The molecule has 0 amide bonds. The van der Waals surface area contributed by atoms with Crippen molar-refractivity contribution in [1.82, 2.24) is 29.4 Å². The number of benzene rings is 1. The summed E-state index contributed by atoms with van der Waals surface area (Å²) in [7, 11) is 2.06. The van der Waals surface area contributed by atoms with E-state index in [9.17, 15) is 23.4 Å². The van der Waals surface area contributed by atoms with Crippen LogP contribution in [0.2, 0.25) is 0 Å². The van der Waals surface area contributed by atoms with E-state index < -0.39 is 18.6 Å². The summed E-state index contributed by atoms with van der Waals surface area (Å²) in [5.74, 6) is 1.29. The molecule has 3 aromatic heterocycles. The summed E-state index contributed by atoms with van der Waals surface area (Å²) >= 11 is 0. The van der Waals surface area contributed by atoms with Crippen molar-refractivity contribution in [3.63, 3.8) is 0 Å². The molecule has 13 heteroatoms. The summed E-state index contributed by atoms with van der Waals surface area (Å²) in [5.41, 5.74) is 7.73. The molecular weight excluding hydrogens is 527 g/mol. The van der Waals surface area contributed by atoms with E-state index >= 15 is 0 Å². The molecule has 6 rings (SSSR count). The Labute approximate surface area is 228 Å². The molecule has 1 aromatic carbocycles. The predicted molar refractivity (Wildman–Crippen MR) is 141 cm³/mol. The van der Waals surface area contributed by atoms with Crippen molar-refractivity contribution >= 4 is 27.9 Å². The first kappa shape index (κ1) is 26.8. The number of hydrogen-bond donors (Lipinski definition) is 4. The van der Waals surface area contributed by atoms with Crippen LogP contribution in [0, 0.1) is 11.8 Å². The maximum atomic E-state index is 12.5. The Kier molecular flexibility index (Phi) is 6.83. The number of nitrogen functional groups attached to an aromatic ring is 1. The Morgan fingerprint density at radius 3 is 2.73 bits per heavy atom. The number of rotatable bonds is 8. The van der Waals surface area contributed by atoms with Gasteiger partial charge in [-0.3, -0.25) is 0 Å². The summed E-state index contributed by atoms with van der Waals surface area (Å²) in [6.45, 7) is 0.675. The quantitative estimate of drug-likeness (QED) is 0.258. The number of hydrogen-bond acceptors (Lipinski definition) is 8. The van der Waals surface area contributed by atoms with Gasteiger partial charge in [-0.1, -0.05) is 0 Å². The largest absolute Gasteiger partial charge is 0.573 e. The molecule has 5 N–H and O–H groups in total. The van der Waals surface area contributed by atoms with Gasteiger partial charge < -0.3 is 35.1 Å². The number of aromatic amines is 1. The van der Waals surface area contributed by atoms with Crippen molar-refractivity contribution in [2.45, 2.75) is 62.8 Å². The average Bonchev–Trinajstić information content (AvgIpc) is 3.54. The van der Waals surface area contributed by atoms with E-state index in [0.29, 0.717) is 53.8 Å². The molecule has 4 atom stereocenters. The molecule has 3 heterocycles. The van der Waals surface area contributed by atoms with Gasteiger partial charge in [0.15, 0.2) is 0 Å². The number of aliphatic hydroxyl groups excluding tert-OH is 2. The Morgan fingerprint density at radius 2 is 1.95 bits per heavy atom. The van der Waals surface area contributed by atoms with Gasteiger partial charge >= 0.3 is 6.36 Å². The second-order valence-electron chi connectivity index (χ2n) is 11.1. The highest BCUT2D eigenvalue weighted by Crippen LogP contribution is 2.40. The van der Waals surface area contributed by atoms with Gasteiger partial charge in [-0.15, -0.1) is 13.2 Å². The highest BCUT2D eigenvalue weighted by atomic mass is 19.4. The van der Waals surface area contributed by atoms with Crippen LogP contribution in [0.3, 0.4) is 0 Å². The molecule has 2 saturated carbocycles. The molecule has 40 heavy (non-hydrogen) atoms. The average molecular weight is 560 g/mol. The summed E-state index contributed by atoms with van der Waals surface area (Å²) in [6.07, 6.45) is 1.07. The molecule has 4 aromatic rings. The molecule has 0 bridgehead atoms. The van der Waals surface area contributed by atoms with Gasteiger partial charge in [0.05, 0.1) is 28.6 Å². The number of alkyl halides is 3. The maximum absolute atomic E-state index is 12.5. The number of fused-ring (bicyclic) bond motifs is 2. The monoisotopic (exact) mass is 559 g/mol. The highest BCUT2D eigenvalue weighted by Gasteiger charge is 2.44. The third-order valence-electron chi connectivity index (χ3n) is 8.55. The minimum atomic E-state index is -4.74. The molecule has 0 saturated heterocycles. The standard InChI is InChI=1S/C27H32F3N7O3/c1-36(12-15-10-21(24(39)23(15)38)37-7-6-18-25(31)32-13-33-26(18)37)16-8-14(9-16)2-5-22-34-19-4-3-17(11-20(19)35-22)40-27(28,29)30/h3-4,6-7,11,13-16,21,23-24,38-39H,2,5,8-10,12H2,1H3,(H,34,35)(H2,31,32,33)/t14-,15-,16+,21-,23-,24+/m1/s1. The molecule has 0 unspecified atom stereocenters. The van der Waals surface area contributed by atoms with E-state index in [1.54, 1.807) is 6.07 Å². The zero-order valence-corrected chi connectivity index (χ0v) is 21.9. The van der Waals surface area contributed by atoms with Crippen LogP contribution in [0.5, 0.6) is 5.75 Å². The number of imidazole rings is 1.